The minimum Gasteiger partial charge on any atom is -0.508 e. The molecular weight excluding hydrogens is 324 g/mol. The van der Waals surface area contributed by atoms with Crippen LogP contribution in [0.1, 0.15) is 11.7 Å². The lowest BCUT2D eigenvalue weighted by Crippen LogP contribution is -2.60. The third-order valence-electron chi connectivity index (χ3n) is 3.92. The van der Waals surface area contributed by atoms with Gasteiger partial charge in [0.2, 0.25) is 0 Å². The number of phenols is 1. The van der Waals surface area contributed by atoms with E-state index in [9.17, 15) is 30.6 Å². The summed E-state index contributed by atoms with van der Waals surface area (Å²) >= 11 is 0. The summed E-state index contributed by atoms with van der Waals surface area (Å²) < 4.78 is 10.5. The van der Waals surface area contributed by atoms with Gasteiger partial charge in [-0.2, -0.15) is 0 Å². The van der Waals surface area contributed by atoms with Crippen molar-refractivity contribution in [3.05, 3.63) is 29.8 Å². The first kappa shape index (κ1) is 19.0. The van der Waals surface area contributed by atoms with Gasteiger partial charge in [0.1, 0.15) is 42.4 Å². The number of hydrogen-bond acceptors (Lipinski definition) is 9. The number of aromatic hydroxyl groups is 1. The van der Waals surface area contributed by atoms with E-state index < -0.39 is 56.1 Å². The zero-order valence-electron chi connectivity index (χ0n) is 12.7. The normalized spacial score (nSPS) is 33.2. The molecule has 1 aliphatic rings. The number of phenolic OH excluding ortho intramolecular Hbond substituents is 1. The van der Waals surface area contributed by atoms with E-state index in [-0.39, 0.29) is 5.75 Å². The highest BCUT2D eigenvalue weighted by Gasteiger charge is 2.45. The first-order chi connectivity index (χ1) is 11.4. The molecule has 2 rings (SSSR count). The van der Waals surface area contributed by atoms with Crippen LogP contribution in [-0.4, -0.2) is 85.8 Å². The average Bonchev–Trinajstić information content (AvgIpc) is 2.59. The molecule has 7 atom stereocenters. The van der Waals surface area contributed by atoms with Gasteiger partial charge in [-0.25, -0.2) is 0 Å². The molecule has 0 aromatic heterocycles. The van der Waals surface area contributed by atoms with Gasteiger partial charge in [-0.15, -0.1) is 0 Å². The fourth-order valence-corrected chi connectivity index (χ4v) is 2.46. The van der Waals surface area contributed by atoms with Crippen LogP contribution in [0.2, 0.25) is 0 Å². The van der Waals surface area contributed by atoms with Crippen LogP contribution in [0.4, 0.5) is 0 Å². The predicted molar refractivity (Wildman–Crippen MR) is 78.8 cm³/mol. The molecule has 0 radical (unpaired) electrons. The minimum atomic E-state index is -1.64. The van der Waals surface area contributed by atoms with E-state index in [4.69, 9.17) is 14.6 Å². The van der Waals surface area contributed by atoms with Crippen LogP contribution in [0.3, 0.4) is 0 Å². The zero-order valence-corrected chi connectivity index (χ0v) is 12.7. The van der Waals surface area contributed by atoms with Gasteiger partial charge in [0, 0.05) is 0 Å². The Kier molecular flexibility index (Phi) is 6.49. The second-order valence-corrected chi connectivity index (χ2v) is 5.59. The average molecular weight is 346 g/mol. The Hall–Kier alpha value is -1.30. The summed E-state index contributed by atoms with van der Waals surface area (Å²) in [6.07, 6.45) is -9.92. The van der Waals surface area contributed by atoms with E-state index in [1.807, 2.05) is 0 Å². The summed E-state index contributed by atoms with van der Waals surface area (Å²) in [5, 5.41) is 67.4. The molecule has 136 valence electrons. The standard InChI is InChI=1S/C15H22O9/c16-5-9(11(19)7-1-3-8(18)4-2-7)23-15-14(22)13(21)12(20)10(6-17)24-15/h1-4,9-22H,5-6H2/t9-,10+,11-,12+,13+,14+,15+/m1/s1. The number of aliphatic hydroxyl groups excluding tert-OH is 6. The van der Waals surface area contributed by atoms with Crippen LogP contribution in [0.25, 0.3) is 0 Å². The van der Waals surface area contributed by atoms with E-state index in [2.05, 4.69) is 0 Å². The largest absolute Gasteiger partial charge is 0.508 e. The molecule has 0 bridgehead atoms. The molecule has 1 aromatic rings. The number of rotatable bonds is 6. The van der Waals surface area contributed by atoms with Gasteiger partial charge < -0.3 is 45.2 Å². The van der Waals surface area contributed by atoms with Crippen molar-refractivity contribution in [3.8, 4) is 5.75 Å². The molecule has 0 amide bonds. The number of ether oxygens (including phenoxy) is 2. The molecule has 9 nitrogen and oxygen atoms in total. The van der Waals surface area contributed by atoms with Crippen LogP contribution in [0, 0.1) is 0 Å². The Labute approximate surface area is 137 Å². The highest BCUT2D eigenvalue weighted by atomic mass is 16.7. The summed E-state index contributed by atoms with van der Waals surface area (Å²) in [6.45, 7) is -1.24. The highest BCUT2D eigenvalue weighted by molar-refractivity contribution is 5.27. The minimum absolute atomic E-state index is 0.00125. The number of hydrogen-bond donors (Lipinski definition) is 7. The Bertz CT molecular complexity index is 506. The summed E-state index contributed by atoms with van der Waals surface area (Å²) in [5.41, 5.74) is 0.344. The van der Waals surface area contributed by atoms with Gasteiger partial charge >= 0.3 is 0 Å². The Morgan fingerprint density at radius 2 is 1.62 bits per heavy atom. The van der Waals surface area contributed by atoms with Gasteiger partial charge in [-0.3, -0.25) is 0 Å². The first-order valence-corrected chi connectivity index (χ1v) is 7.42. The molecule has 9 heteroatoms. The summed E-state index contributed by atoms with van der Waals surface area (Å²) in [4.78, 5) is 0. The molecule has 1 heterocycles. The molecule has 1 aliphatic heterocycles. The van der Waals surface area contributed by atoms with Gasteiger partial charge in [0.05, 0.1) is 13.2 Å². The zero-order chi connectivity index (χ0) is 17.9. The van der Waals surface area contributed by atoms with E-state index in [1.54, 1.807) is 0 Å². The molecule has 1 saturated heterocycles. The van der Waals surface area contributed by atoms with Crippen LogP contribution >= 0.6 is 0 Å². The summed E-state index contributed by atoms with van der Waals surface area (Å²) in [6, 6.07) is 5.56. The smallest absolute Gasteiger partial charge is 0.187 e. The van der Waals surface area contributed by atoms with E-state index in [1.165, 1.54) is 24.3 Å². The maximum absolute atomic E-state index is 10.3. The van der Waals surface area contributed by atoms with Crippen molar-refractivity contribution >= 4 is 0 Å². The quantitative estimate of drug-likeness (QED) is 0.298. The monoisotopic (exact) mass is 346 g/mol. The molecule has 0 spiro atoms. The molecule has 1 fully saturated rings. The third-order valence-corrected chi connectivity index (χ3v) is 3.92. The van der Waals surface area contributed by atoms with Gasteiger partial charge in [0.25, 0.3) is 0 Å². The number of aliphatic hydroxyl groups is 6. The van der Waals surface area contributed by atoms with Gasteiger partial charge in [-0.05, 0) is 17.7 Å². The Balaban J connectivity index is 2.09. The second kappa shape index (κ2) is 8.19. The predicted octanol–water partition coefficient (Wildman–Crippen LogP) is -2.40. The second-order valence-electron chi connectivity index (χ2n) is 5.59. The fourth-order valence-electron chi connectivity index (χ4n) is 2.46. The van der Waals surface area contributed by atoms with Gasteiger partial charge in [-0.1, -0.05) is 12.1 Å². The van der Waals surface area contributed by atoms with Crippen LogP contribution in [0.5, 0.6) is 5.75 Å². The Morgan fingerprint density at radius 1 is 1.00 bits per heavy atom. The van der Waals surface area contributed by atoms with Crippen molar-refractivity contribution in [1.82, 2.24) is 0 Å². The molecular formula is C15H22O9. The molecule has 1 aromatic carbocycles. The van der Waals surface area contributed by atoms with E-state index >= 15 is 0 Å². The highest BCUT2D eigenvalue weighted by Crippen LogP contribution is 2.27. The maximum Gasteiger partial charge on any atom is 0.187 e. The van der Waals surface area contributed by atoms with Crippen molar-refractivity contribution in [3.63, 3.8) is 0 Å². The third kappa shape index (κ3) is 4.02. The van der Waals surface area contributed by atoms with Crippen molar-refractivity contribution < 1.29 is 45.2 Å². The lowest BCUT2D eigenvalue weighted by molar-refractivity contribution is -0.319. The van der Waals surface area contributed by atoms with Crippen molar-refractivity contribution in [2.24, 2.45) is 0 Å². The maximum atomic E-state index is 10.3. The molecule has 7 N–H and O–H groups in total. The fraction of sp³-hybridized carbons (Fsp3) is 0.600. The summed E-state index contributed by atoms with van der Waals surface area (Å²) in [5.74, 6) is 0.00125. The molecule has 0 saturated carbocycles. The van der Waals surface area contributed by atoms with Crippen LogP contribution in [0.15, 0.2) is 24.3 Å². The van der Waals surface area contributed by atoms with E-state index in [0.717, 1.165) is 0 Å². The van der Waals surface area contributed by atoms with Gasteiger partial charge in [0.15, 0.2) is 6.29 Å². The van der Waals surface area contributed by atoms with Crippen LogP contribution in [-0.2, 0) is 9.47 Å². The van der Waals surface area contributed by atoms with Crippen molar-refractivity contribution in [2.75, 3.05) is 13.2 Å². The molecule has 24 heavy (non-hydrogen) atoms. The van der Waals surface area contributed by atoms with Crippen molar-refractivity contribution in [2.45, 2.75) is 42.9 Å². The summed E-state index contributed by atoms with van der Waals surface area (Å²) in [7, 11) is 0. The van der Waals surface area contributed by atoms with Crippen LogP contribution < -0.4 is 0 Å². The molecule has 0 aliphatic carbocycles. The number of benzene rings is 1. The first-order valence-electron chi connectivity index (χ1n) is 7.42. The SMILES string of the molecule is OC[C@@H]1O[C@H](O[C@H](CO)[C@H](O)c2ccc(O)cc2)[C@@H](O)[C@@H](O)[C@H]1O. The lowest BCUT2D eigenvalue weighted by Gasteiger charge is -2.41. The lowest BCUT2D eigenvalue weighted by atomic mass is 9.99. The molecule has 0 unspecified atom stereocenters. The Morgan fingerprint density at radius 3 is 2.17 bits per heavy atom. The van der Waals surface area contributed by atoms with E-state index in [0.29, 0.717) is 5.56 Å². The van der Waals surface area contributed by atoms with Crippen molar-refractivity contribution in [1.29, 1.82) is 0 Å². The topological polar surface area (TPSA) is 160 Å².